The molecule has 2 unspecified atom stereocenters. The van der Waals surface area contributed by atoms with Gasteiger partial charge >= 0.3 is 5.92 Å². The lowest BCUT2D eigenvalue weighted by Gasteiger charge is -2.35. The van der Waals surface area contributed by atoms with Crippen LogP contribution in [-0.4, -0.2) is 40.0 Å². The number of carbonyl (C=O) groups is 3. The van der Waals surface area contributed by atoms with Crippen molar-refractivity contribution in [3.8, 4) is 0 Å². The molecular formula is C23H23F2N3O4. The van der Waals surface area contributed by atoms with E-state index in [1.54, 1.807) is 25.1 Å². The SMILES string of the molecule is Cc1ccc(C(F)(F)C(=O)NCc2ccc3c(c2)CN(C2CCC(=O)NC2O)C3=O)cc1. The number of rotatable bonds is 5. The van der Waals surface area contributed by atoms with Crippen molar-refractivity contribution >= 4 is 17.7 Å². The van der Waals surface area contributed by atoms with Gasteiger partial charge in [-0.15, -0.1) is 0 Å². The van der Waals surface area contributed by atoms with Gasteiger partial charge in [-0.25, -0.2) is 0 Å². The molecule has 1 fully saturated rings. The van der Waals surface area contributed by atoms with E-state index in [4.69, 9.17) is 0 Å². The van der Waals surface area contributed by atoms with Gasteiger partial charge in [0.1, 0.15) is 6.23 Å². The number of hydrogen-bond donors (Lipinski definition) is 3. The van der Waals surface area contributed by atoms with Gasteiger partial charge in [-0.3, -0.25) is 14.4 Å². The number of benzene rings is 2. The zero-order valence-electron chi connectivity index (χ0n) is 17.4. The molecule has 2 aliphatic heterocycles. The molecule has 32 heavy (non-hydrogen) atoms. The summed E-state index contributed by atoms with van der Waals surface area (Å²) < 4.78 is 28.9. The highest BCUT2D eigenvalue weighted by Crippen LogP contribution is 2.30. The van der Waals surface area contributed by atoms with Gasteiger partial charge in [-0.2, -0.15) is 8.78 Å². The van der Waals surface area contributed by atoms with Gasteiger partial charge in [-0.1, -0.05) is 42.0 Å². The number of aryl methyl sites for hydroxylation is 1. The van der Waals surface area contributed by atoms with E-state index in [2.05, 4.69) is 10.6 Å². The molecule has 7 nitrogen and oxygen atoms in total. The number of hydrogen-bond acceptors (Lipinski definition) is 4. The topological polar surface area (TPSA) is 98.7 Å². The van der Waals surface area contributed by atoms with Gasteiger partial charge in [0, 0.05) is 30.6 Å². The maximum absolute atomic E-state index is 14.5. The molecule has 9 heteroatoms. The number of alkyl halides is 2. The molecular weight excluding hydrogens is 420 g/mol. The Labute approximate surface area is 183 Å². The molecule has 2 aromatic rings. The van der Waals surface area contributed by atoms with E-state index in [0.29, 0.717) is 23.1 Å². The fourth-order valence-electron chi connectivity index (χ4n) is 4.06. The van der Waals surface area contributed by atoms with Crippen molar-refractivity contribution in [1.82, 2.24) is 15.5 Å². The summed E-state index contributed by atoms with van der Waals surface area (Å²) in [5, 5.41) is 14.8. The molecule has 3 amide bonds. The number of piperidine rings is 1. The Hall–Kier alpha value is -3.33. The van der Waals surface area contributed by atoms with Crippen LogP contribution in [0.1, 0.15) is 45.5 Å². The first kappa shape index (κ1) is 21.9. The third kappa shape index (κ3) is 4.08. The highest BCUT2D eigenvalue weighted by atomic mass is 19.3. The summed E-state index contributed by atoms with van der Waals surface area (Å²) in [4.78, 5) is 37.8. The predicted octanol–water partition coefficient (Wildman–Crippen LogP) is 1.96. The second-order valence-electron chi connectivity index (χ2n) is 8.17. The monoisotopic (exact) mass is 443 g/mol. The summed E-state index contributed by atoms with van der Waals surface area (Å²) in [6.07, 6.45) is -0.574. The van der Waals surface area contributed by atoms with Gasteiger partial charge < -0.3 is 20.6 Å². The van der Waals surface area contributed by atoms with Crippen LogP contribution in [0.4, 0.5) is 8.78 Å². The van der Waals surface area contributed by atoms with E-state index >= 15 is 0 Å². The van der Waals surface area contributed by atoms with Gasteiger partial charge in [0.2, 0.25) is 5.91 Å². The van der Waals surface area contributed by atoms with Gasteiger partial charge in [0.15, 0.2) is 0 Å². The maximum Gasteiger partial charge on any atom is 0.349 e. The number of nitrogens with zero attached hydrogens (tertiary/aromatic N) is 1. The summed E-state index contributed by atoms with van der Waals surface area (Å²) >= 11 is 0. The molecule has 2 aliphatic rings. The fraction of sp³-hybridized carbons (Fsp3) is 0.348. The Morgan fingerprint density at radius 3 is 2.62 bits per heavy atom. The number of nitrogens with one attached hydrogen (secondary N) is 2. The molecule has 0 bridgehead atoms. The molecule has 168 valence electrons. The highest BCUT2D eigenvalue weighted by Gasteiger charge is 2.41. The Bertz CT molecular complexity index is 1070. The normalized spacial score (nSPS) is 20.7. The van der Waals surface area contributed by atoms with Gasteiger partial charge in [0.25, 0.3) is 11.8 Å². The van der Waals surface area contributed by atoms with Gasteiger partial charge in [-0.05, 0) is 30.5 Å². The van der Waals surface area contributed by atoms with Crippen molar-refractivity contribution in [2.75, 3.05) is 0 Å². The van der Waals surface area contributed by atoms with Crippen LogP contribution in [0.3, 0.4) is 0 Å². The van der Waals surface area contributed by atoms with Crippen molar-refractivity contribution in [2.24, 2.45) is 0 Å². The molecule has 0 saturated carbocycles. The van der Waals surface area contributed by atoms with Crippen LogP contribution in [0.15, 0.2) is 42.5 Å². The second-order valence-corrected chi connectivity index (χ2v) is 8.17. The Morgan fingerprint density at radius 2 is 1.94 bits per heavy atom. The summed E-state index contributed by atoms with van der Waals surface area (Å²) in [5.74, 6) is -5.60. The third-order valence-corrected chi connectivity index (χ3v) is 5.89. The van der Waals surface area contributed by atoms with Crippen LogP contribution < -0.4 is 10.6 Å². The first-order chi connectivity index (χ1) is 15.2. The quantitative estimate of drug-likeness (QED) is 0.658. The molecule has 3 N–H and O–H groups in total. The largest absolute Gasteiger partial charge is 0.372 e. The van der Waals surface area contributed by atoms with E-state index in [1.807, 2.05) is 0 Å². The maximum atomic E-state index is 14.5. The fourth-order valence-corrected chi connectivity index (χ4v) is 4.06. The van der Waals surface area contributed by atoms with Crippen molar-refractivity contribution in [3.05, 3.63) is 70.3 Å². The zero-order chi connectivity index (χ0) is 23.0. The molecule has 4 rings (SSSR count). The standard InChI is InChI=1S/C23H23F2N3O4/c1-13-2-5-16(6-3-13)23(24,25)22(32)26-11-14-4-7-17-15(10-14)12-28(21(17)31)18-8-9-19(29)27-20(18)30/h2-7,10,18,20,30H,8-9,11-12H2,1H3,(H,26,32)(H,27,29). The summed E-state index contributed by atoms with van der Waals surface area (Å²) in [5.41, 5.74) is 2.14. The molecule has 0 aliphatic carbocycles. The first-order valence-electron chi connectivity index (χ1n) is 10.3. The number of halogens is 2. The van der Waals surface area contributed by atoms with Crippen LogP contribution in [0.2, 0.25) is 0 Å². The molecule has 2 heterocycles. The summed E-state index contributed by atoms with van der Waals surface area (Å²) in [6.45, 7) is 1.88. The van der Waals surface area contributed by atoms with Crippen molar-refractivity contribution < 1.29 is 28.3 Å². The lowest BCUT2D eigenvalue weighted by molar-refractivity contribution is -0.147. The second kappa shape index (κ2) is 8.31. The molecule has 2 atom stereocenters. The number of amides is 3. The molecule has 0 aromatic heterocycles. The number of fused-ring (bicyclic) bond motifs is 1. The average Bonchev–Trinajstić information content (AvgIpc) is 3.08. The lowest BCUT2D eigenvalue weighted by atomic mass is 10.0. The van der Waals surface area contributed by atoms with Crippen LogP contribution in [0, 0.1) is 6.92 Å². The van der Waals surface area contributed by atoms with E-state index in [9.17, 15) is 28.3 Å². The highest BCUT2D eigenvalue weighted by molar-refractivity contribution is 5.98. The molecule has 0 radical (unpaired) electrons. The third-order valence-electron chi connectivity index (χ3n) is 5.89. The predicted molar refractivity (Wildman–Crippen MR) is 110 cm³/mol. The minimum atomic E-state index is -3.67. The van der Waals surface area contributed by atoms with E-state index < -0.39 is 24.1 Å². The number of aliphatic hydroxyl groups excluding tert-OH is 1. The van der Waals surface area contributed by atoms with Crippen LogP contribution in [-0.2, 0) is 28.6 Å². The molecule has 1 saturated heterocycles. The van der Waals surface area contributed by atoms with Crippen molar-refractivity contribution in [3.63, 3.8) is 0 Å². The molecule has 2 aromatic carbocycles. The van der Waals surface area contributed by atoms with E-state index in [0.717, 1.165) is 5.56 Å². The summed E-state index contributed by atoms with van der Waals surface area (Å²) in [7, 11) is 0. The van der Waals surface area contributed by atoms with Crippen LogP contribution in [0.25, 0.3) is 0 Å². The van der Waals surface area contributed by atoms with Gasteiger partial charge in [0.05, 0.1) is 6.04 Å². The Kier molecular flexibility index (Phi) is 5.68. The van der Waals surface area contributed by atoms with E-state index in [1.165, 1.54) is 29.2 Å². The zero-order valence-corrected chi connectivity index (χ0v) is 17.4. The Morgan fingerprint density at radius 1 is 1.22 bits per heavy atom. The average molecular weight is 443 g/mol. The number of carbonyl (C=O) groups excluding carboxylic acids is 3. The van der Waals surface area contributed by atoms with E-state index in [-0.39, 0.29) is 36.9 Å². The lowest BCUT2D eigenvalue weighted by Crippen LogP contribution is -2.55. The summed E-state index contributed by atoms with van der Waals surface area (Å²) in [6, 6.07) is 9.84. The molecule has 0 spiro atoms. The minimum Gasteiger partial charge on any atom is -0.372 e. The minimum absolute atomic E-state index is 0.121. The van der Waals surface area contributed by atoms with Crippen molar-refractivity contribution in [2.45, 2.75) is 51.0 Å². The Balaban J connectivity index is 1.42. The smallest absolute Gasteiger partial charge is 0.349 e. The van der Waals surface area contributed by atoms with Crippen LogP contribution in [0.5, 0.6) is 0 Å². The van der Waals surface area contributed by atoms with Crippen LogP contribution >= 0.6 is 0 Å². The van der Waals surface area contributed by atoms with Crippen molar-refractivity contribution in [1.29, 1.82) is 0 Å². The first-order valence-corrected chi connectivity index (χ1v) is 10.3. The number of aliphatic hydroxyl groups is 1.